The lowest BCUT2D eigenvalue weighted by Crippen LogP contribution is -2.52. The number of piperidine rings is 4. The average molecular weight is 819 g/mol. The van der Waals surface area contributed by atoms with Crippen LogP contribution >= 0.6 is 11.3 Å². The minimum atomic E-state index is -0.923. The van der Waals surface area contributed by atoms with Crippen LogP contribution in [0.2, 0.25) is 0 Å². The van der Waals surface area contributed by atoms with Gasteiger partial charge in [0.25, 0.3) is 11.8 Å². The molecule has 16 heteroatoms. The highest BCUT2D eigenvalue weighted by Gasteiger charge is 2.39. The van der Waals surface area contributed by atoms with Crippen LogP contribution in [0.1, 0.15) is 83.7 Å². The number of rotatable bonds is 8. The Kier molecular flexibility index (Phi) is 9.99. The fraction of sp³-hybridized carbons (Fsp3) is 0.465. The van der Waals surface area contributed by atoms with Gasteiger partial charge in [-0.2, -0.15) is 5.10 Å². The summed E-state index contributed by atoms with van der Waals surface area (Å²) in [6, 6.07) is 9.73. The molecule has 10 rings (SSSR count). The number of nitrogens with one attached hydrogen (secondary N) is 2. The van der Waals surface area contributed by atoms with Gasteiger partial charge in [0, 0.05) is 99.4 Å². The number of nitrogens with zero attached hydrogens (tertiary/aromatic N) is 8. The fourth-order valence-electron chi connectivity index (χ4n) is 9.73. The van der Waals surface area contributed by atoms with E-state index in [2.05, 4.69) is 47.3 Å². The van der Waals surface area contributed by atoms with Gasteiger partial charge in [-0.05, 0) is 80.7 Å². The molecule has 8 heterocycles. The number of hydrogen-bond acceptors (Lipinski definition) is 11. The Morgan fingerprint density at radius 3 is 2.58 bits per heavy atom. The zero-order valence-corrected chi connectivity index (χ0v) is 33.6. The molecule has 2 unspecified atom stereocenters. The number of benzene rings is 2. The Bertz CT molecular complexity index is 2450. The van der Waals surface area contributed by atoms with E-state index in [1.165, 1.54) is 11.3 Å². The number of imide groups is 1. The van der Waals surface area contributed by atoms with Crippen molar-refractivity contribution in [1.29, 1.82) is 0 Å². The third-order valence-corrected chi connectivity index (χ3v) is 13.9. The van der Waals surface area contributed by atoms with Crippen molar-refractivity contribution in [2.45, 2.75) is 76.2 Å². The second kappa shape index (κ2) is 15.6. The summed E-state index contributed by atoms with van der Waals surface area (Å²) in [4.78, 5) is 69.2. The largest absolute Gasteiger partial charge is 0.371 e. The molecule has 4 saturated heterocycles. The van der Waals surface area contributed by atoms with Crippen LogP contribution in [0.5, 0.6) is 0 Å². The van der Waals surface area contributed by atoms with Crippen molar-refractivity contribution in [3.8, 4) is 0 Å². The Morgan fingerprint density at radius 1 is 0.932 bits per heavy atom. The lowest BCUT2D eigenvalue weighted by molar-refractivity contribution is -0.136. The summed E-state index contributed by atoms with van der Waals surface area (Å²) in [5, 5.41) is 13.3. The van der Waals surface area contributed by atoms with E-state index in [9.17, 15) is 23.6 Å². The predicted molar refractivity (Wildman–Crippen MR) is 224 cm³/mol. The molecule has 0 radical (unpaired) electrons. The second-order valence-electron chi connectivity index (χ2n) is 16.7. The summed E-state index contributed by atoms with van der Waals surface area (Å²) in [5.41, 5.74) is 5.93. The van der Waals surface area contributed by atoms with Crippen LogP contribution in [-0.2, 0) is 16.1 Å². The molecule has 0 spiro atoms. The van der Waals surface area contributed by atoms with Crippen LogP contribution in [0, 0.1) is 5.92 Å². The van der Waals surface area contributed by atoms with Crippen LogP contribution in [0.3, 0.4) is 0 Å². The predicted octanol–water partition coefficient (Wildman–Crippen LogP) is 5.55. The van der Waals surface area contributed by atoms with E-state index in [1.54, 1.807) is 22.7 Å². The topological polar surface area (TPSA) is 149 Å². The molecule has 4 fully saturated rings. The number of fused-ring (bicyclic) bond motifs is 3. The van der Waals surface area contributed by atoms with Gasteiger partial charge in [0.05, 0.1) is 28.5 Å². The average Bonchev–Trinajstić information content (AvgIpc) is 3.96. The minimum absolute atomic E-state index is 0.135. The fourth-order valence-corrected chi connectivity index (χ4v) is 10.6. The van der Waals surface area contributed by atoms with E-state index >= 15 is 0 Å². The monoisotopic (exact) mass is 818 g/mol. The molecular weight excluding hydrogens is 772 g/mol. The Morgan fingerprint density at radius 2 is 1.76 bits per heavy atom. The molecule has 5 aliphatic heterocycles. The Hall–Kier alpha value is -5.48. The molecule has 14 nitrogen and oxygen atoms in total. The lowest BCUT2D eigenvalue weighted by atomic mass is 9.94. The van der Waals surface area contributed by atoms with E-state index in [1.807, 2.05) is 29.2 Å². The summed E-state index contributed by atoms with van der Waals surface area (Å²) >= 11 is 1.38. The van der Waals surface area contributed by atoms with Gasteiger partial charge in [0.2, 0.25) is 11.8 Å². The number of carbonyl (C=O) groups is 4. The number of likely N-dealkylation sites (tertiary alicyclic amines) is 1. The number of carbonyl (C=O) groups excluding carboxylic acids is 4. The molecule has 0 saturated carbocycles. The minimum Gasteiger partial charge on any atom is -0.371 e. The summed E-state index contributed by atoms with van der Waals surface area (Å²) in [6.45, 7) is 6.29. The summed E-state index contributed by atoms with van der Waals surface area (Å²) < 4.78 is 16.8. The second-order valence-corrected chi connectivity index (χ2v) is 17.6. The lowest BCUT2D eigenvalue weighted by Gasteiger charge is -2.38. The van der Waals surface area contributed by atoms with Crippen molar-refractivity contribution >= 4 is 73.3 Å². The first-order chi connectivity index (χ1) is 28.7. The summed E-state index contributed by atoms with van der Waals surface area (Å²) in [7, 11) is 0. The molecule has 59 heavy (non-hydrogen) atoms. The van der Waals surface area contributed by atoms with Gasteiger partial charge in [0.1, 0.15) is 22.6 Å². The highest BCUT2D eigenvalue weighted by atomic mass is 32.1. The summed E-state index contributed by atoms with van der Waals surface area (Å²) in [6.07, 6.45) is 10.4. The van der Waals surface area contributed by atoms with Crippen LogP contribution in [0.15, 0.2) is 54.3 Å². The number of halogens is 1. The maximum atomic E-state index is 14.7. The van der Waals surface area contributed by atoms with Crippen molar-refractivity contribution in [1.82, 2.24) is 34.9 Å². The third-order valence-electron chi connectivity index (χ3n) is 13.0. The number of alkyl halides is 1. The summed E-state index contributed by atoms with van der Waals surface area (Å²) in [5.74, 6) is -0.473. The van der Waals surface area contributed by atoms with Crippen molar-refractivity contribution in [3.05, 3.63) is 71.0 Å². The molecule has 2 aromatic carbocycles. The highest BCUT2D eigenvalue weighted by molar-refractivity contribution is 7.17. The molecule has 2 atom stereocenters. The molecule has 5 aliphatic rings. The molecule has 4 amide bonds. The van der Waals surface area contributed by atoms with E-state index < -0.39 is 12.2 Å². The Labute approximate surface area is 344 Å². The van der Waals surface area contributed by atoms with E-state index in [-0.39, 0.29) is 42.6 Å². The van der Waals surface area contributed by atoms with Gasteiger partial charge in [-0.15, -0.1) is 11.3 Å². The van der Waals surface area contributed by atoms with Gasteiger partial charge < -0.3 is 24.9 Å². The van der Waals surface area contributed by atoms with Crippen molar-refractivity contribution in [2.24, 2.45) is 5.92 Å². The first kappa shape index (κ1) is 37.8. The van der Waals surface area contributed by atoms with Crippen LogP contribution in [0.4, 0.5) is 21.5 Å². The number of hydrogen-bond donors (Lipinski definition) is 2. The first-order valence-electron chi connectivity index (χ1n) is 20.9. The number of thiophene rings is 1. The van der Waals surface area contributed by atoms with Gasteiger partial charge in [-0.3, -0.25) is 34.2 Å². The van der Waals surface area contributed by atoms with E-state index in [0.29, 0.717) is 59.0 Å². The molecule has 5 aromatic rings. The quantitative estimate of drug-likeness (QED) is 0.191. The first-order valence-corrected chi connectivity index (χ1v) is 21.8. The van der Waals surface area contributed by atoms with Gasteiger partial charge in [-0.25, -0.2) is 9.37 Å². The van der Waals surface area contributed by atoms with E-state index in [4.69, 9.17) is 5.10 Å². The molecule has 306 valence electrons. The smallest absolute Gasteiger partial charge is 0.258 e. The normalized spacial score (nSPS) is 22.4. The highest BCUT2D eigenvalue weighted by Crippen LogP contribution is 2.37. The molecule has 3 aromatic heterocycles. The maximum absolute atomic E-state index is 14.7. The zero-order valence-electron chi connectivity index (χ0n) is 32.8. The zero-order chi connectivity index (χ0) is 40.2. The molecule has 0 aliphatic carbocycles. The number of anilines is 3. The number of amides is 4. The third kappa shape index (κ3) is 7.41. The molecular formula is C43H47FN10O4S. The van der Waals surface area contributed by atoms with Gasteiger partial charge >= 0.3 is 0 Å². The molecule has 2 N–H and O–H groups in total. The van der Waals surface area contributed by atoms with Gasteiger partial charge in [0.15, 0.2) is 0 Å². The van der Waals surface area contributed by atoms with Crippen LogP contribution < -0.4 is 20.4 Å². The SMILES string of the molecule is O=C1CCC(N2Cc3ccc(N4CCC(CN5CCC(n6cc7cc(NC(=O)c8csc9nccnc89)c(N8CCCC(F)C8)cc7n6)CC5)CC4)cc3C2=O)C(=O)N1. The van der Waals surface area contributed by atoms with Crippen molar-refractivity contribution in [3.63, 3.8) is 0 Å². The van der Waals surface area contributed by atoms with Crippen LogP contribution in [-0.4, -0.2) is 111 Å². The standard InChI is InChI=1S/C43H47FN10O4S/c44-29-2-1-13-52(24-29)37-20-34-28(18-35(37)47-40(56)33-25-59-42-39(33)45-11-12-46-42)23-54(49-34)30-9-14-50(15-10-30)21-26-7-16-51(17-8-26)31-4-3-27-22-53(43(58)32(27)19-31)36-5-6-38(55)48-41(36)57/h3-4,11-12,18-20,23,25-26,29-30,36H,1-2,5-10,13-17,21-22,24H2,(H,47,56)(H,48,55,57). The van der Waals surface area contributed by atoms with E-state index in [0.717, 1.165) is 92.7 Å². The molecule has 0 bridgehead atoms. The maximum Gasteiger partial charge on any atom is 0.258 e. The van der Waals surface area contributed by atoms with Crippen molar-refractivity contribution in [2.75, 3.05) is 60.9 Å². The van der Waals surface area contributed by atoms with Crippen molar-refractivity contribution < 1.29 is 23.6 Å². The Balaban J connectivity index is 0.760. The van der Waals surface area contributed by atoms with Gasteiger partial charge in [-0.1, -0.05) is 6.07 Å². The number of aromatic nitrogens is 4. The van der Waals surface area contributed by atoms with Crippen LogP contribution in [0.25, 0.3) is 21.3 Å².